The number of ether oxygens (including phenoxy) is 2. The second-order valence-electron chi connectivity index (χ2n) is 5.69. The van der Waals surface area contributed by atoms with Gasteiger partial charge in [0, 0.05) is 31.6 Å². The van der Waals surface area contributed by atoms with Crippen LogP contribution in [-0.4, -0.2) is 38.2 Å². The summed E-state index contributed by atoms with van der Waals surface area (Å²) in [7, 11) is 0. The molecule has 7 heteroatoms. The standard InChI is InChI=1S/C20H27N3O4/c1-3-5-12-26-13-6-11-22-19(24)17(14-21)15-23-18-9-7-16(8-10-18)20(25)27-4-2/h7-10,15,23H,3-6,11-13H2,1-2H3,(H,22,24)/b17-15-. The summed E-state index contributed by atoms with van der Waals surface area (Å²) >= 11 is 0. The van der Waals surface area contributed by atoms with Crippen LogP contribution in [0.1, 0.15) is 43.5 Å². The number of rotatable bonds is 12. The Labute approximate surface area is 160 Å². The van der Waals surface area contributed by atoms with Crippen LogP contribution in [0.3, 0.4) is 0 Å². The van der Waals surface area contributed by atoms with Gasteiger partial charge in [-0.15, -0.1) is 0 Å². The van der Waals surface area contributed by atoms with Crippen molar-refractivity contribution in [2.24, 2.45) is 0 Å². The summed E-state index contributed by atoms with van der Waals surface area (Å²) in [5, 5.41) is 14.7. The molecule has 0 spiro atoms. The average molecular weight is 373 g/mol. The lowest BCUT2D eigenvalue weighted by Crippen LogP contribution is -2.26. The maximum absolute atomic E-state index is 12.0. The fraction of sp³-hybridized carbons (Fsp3) is 0.450. The average Bonchev–Trinajstić information content (AvgIpc) is 2.68. The van der Waals surface area contributed by atoms with Gasteiger partial charge in [-0.25, -0.2) is 4.79 Å². The number of hydrogen-bond donors (Lipinski definition) is 2. The number of nitrogens with one attached hydrogen (secondary N) is 2. The molecule has 0 aromatic heterocycles. The molecule has 0 bridgehead atoms. The predicted molar refractivity (Wildman–Crippen MR) is 103 cm³/mol. The molecule has 1 aromatic carbocycles. The SMILES string of the molecule is CCCCOCCCNC(=O)/C(C#N)=C\Nc1ccc(C(=O)OCC)cc1. The second kappa shape index (κ2) is 13.4. The normalized spacial score (nSPS) is 10.8. The molecule has 0 aliphatic rings. The van der Waals surface area contributed by atoms with Crippen LogP contribution in [0.4, 0.5) is 5.69 Å². The van der Waals surface area contributed by atoms with Crippen LogP contribution in [0, 0.1) is 11.3 Å². The number of nitrogens with zero attached hydrogens (tertiary/aromatic N) is 1. The van der Waals surface area contributed by atoms with E-state index in [2.05, 4.69) is 17.6 Å². The molecule has 0 heterocycles. The van der Waals surface area contributed by atoms with Crippen LogP contribution < -0.4 is 10.6 Å². The number of nitriles is 1. The van der Waals surface area contributed by atoms with Gasteiger partial charge in [-0.2, -0.15) is 5.26 Å². The number of anilines is 1. The van der Waals surface area contributed by atoms with E-state index in [0.29, 0.717) is 37.4 Å². The molecular weight excluding hydrogens is 346 g/mol. The first-order chi connectivity index (χ1) is 13.1. The van der Waals surface area contributed by atoms with Crippen LogP contribution in [0.5, 0.6) is 0 Å². The molecule has 0 aliphatic carbocycles. The topological polar surface area (TPSA) is 100 Å². The monoisotopic (exact) mass is 373 g/mol. The second-order valence-corrected chi connectivity index (χ2v) is 5.69. The Balaban J connectivity index is 2.44. The lowest BCUT2D eigenvalue weighted by molar-refractivity contribution is -0.117. The minimum Gasteiger partial charge on any atom is -0.462 e. The molecule has 0 radical (unpaired) electrons. The molecule has 0 aliphatic heterocycles. The predicted octanol–water partition coefficient (Wildman–Crippen LogP) is 3.01. The summed E-state index contributed by atoms with van der Waals surface area (Å²) in [6, 6.07) is 8.43. The third kappa shape index (κ3) is 8.88. The Morgan fingerprint density at radius 1 is 1.15 bits per heavy atom. The van der Waals surface area contributed by atoms with Crippen LogP contribution in [0.25, 0.3) is 0 Å². The van der Waals surface area contributed by atoms with Crippen molar-refractivity contribution < 1.29 is 19.1 Å². The molecule has 0 atom stereocenters. The molecule has 0 unspecified atom stereocenters. The molecular formula is C20H27N3O4. The van der Waals surface area contributed by atoms with Gasteiger partial charge in [-0.1, -0.05) is 13.3 Å². The first-order valence-corrected chi connectivity index (χ1v) is 9.12. The van der Waals surface area contributed by atoms with Crippen molar-refractivity contribution in [2.75, 3.05) is 31.7 Å². The van der Waals surface area contributed by atoms with Crippen molar-refractivity contribution >= 4 is 17.6 Å². The fourth-order valence-corrected chi connectivity index (χ4v) is 2.04. The third-order valence-electron chi connectivity index (χ3n) is 3.54. The van der Waals surface area contributed by atoms with E-state index < -0.39 is 11.9 Å². The molecule has 0 fully saturated rings. The number of carbonyl (C=O) groups excluding carboxylic acids is 2. The molecule has 1 amide bonds. The largest absolute Gasteiger partial charge is 0.462 e. The van der Waals surface area contributed by atoms with E-state index in [1.165, 1.54) is 6.20 Å². The van der Waals surface area contributed by atoms with Crippen LogP contribution in [0.15, 0.2) is 36.0 Å². The van der Waals surface area contributed by atoms with Crippen LogP contribution in [-0.2, 0) is 14.3 Å². The van der Waals surface area contributed by atoms with E-state index in [-0.39, 0.29) is 5.57 Å². The van der Waals surface area contributed by atoms with E-state index in [1.54, 1.807) is 31.2 Å². The number of hydrogen-bond acceptors (Lipinski definition) is 6. The molecule has 7 nitrogen and oxygen atoms in total. The first kappa shape index (κ1) is 22.2. The summed E-state index contributed by atoms with van der Waals surface area (Å²) in [4.78, 5) is 23.6. The highest BCUT2D eigenvalue weighted by Gasteiger charge is 2.08. The number of esters is 1. The Hall–Kier alpha value is -2.85. The van der Waals surface area contributed by atoms with E-state index in [0.717, 1.165) is 19.4 Å². The Kier molecular flexibility index (Phi) is 11.0. The molecule has 2 N–H and O–H groups in total. The highest BCUT2D eigenvalue weighted by atomic mass is 16.5. The number of benzene rings is 1. The van der Waals surface area contributed by atoms with Crippen LogP contribution in [0.2, 0.25) is 0 Å². The fourth-order valence-electron chi connectivity index (χ4n) is 2.04. The van der Waals surface area contributed by atoms with Crippen molar-refractivity contribution in [3.8, 4) is 6.07 Å². The summed E-state index contributed by atoms with van der Waals surface area (Å²) in [5.74, 6) is -0.836. The van der Waals surface area contributed by atoms with Crippen molar-refractivity contribution in [3.05, 3.63) is 41.6 Å². The number of carbonyl (C=O) groups is 2. The minimum absolute atomic E-state index is 0.0311. The van der Waals surface area contributed by atoms with E-state index in [4.69, 9.17) is 14.7 Å². The number of amides is 1. The maximum atomic E-state index is 12.0. The number of unbranched alkanes of at least 4 members (excludes halogenated alkanes) is 1. The van der Waals surface area contributed by atoms with Crippen molar-refractivity contribution in [3.63, 3.8) is 0 Å². The first-order valence-electron chi connectivity index (χ1n) is 9.12. The highest BCUT2D eigenvalue weighted by Crippen LogP contribution is 2.11. The van der Waals surface area contributed by atoms with Crippen molar-refractivity contribution in [2.45, 2.75) is 33.1 Å². The van der Waals surface area contributed by atoms with Crippen molar-refractivity contribution in [1.29, 1.82) is 5.26 Å². The van der Waals surface area contributed by atoms with Gasteiger partial charge in [0.2, 0.25) is 0 Å². The molecule has 0 saturated carbocycles. The highest BCUT2D eigenvalue weighted by molar-refractivity contribution is 5.97. The zero-order valence-electron chi connectivity index (χ0n) is 15.9. The lowest BCUT2D eigenvalue weighted by atomic mass is 10.2. The molecule has 0 saturated heterocycles. The van der Waals surface area contributed by atoms with E-state index >= 15 is 0 Å². The van der Waals surface area contributed by atoms with Gasteiger partial charge in [-0.05, 0) is 44.0 Å². The van der Waals surface area contributed by atoms with Gasteiger partial charge in [0.1, 0.15) is 11.6 Å². The van der Waals surface area contributed by atoms with Gasteiger partial charge in [0.05, 0.1) is 12.2 Å². The zero-order chi connectivity index (χ0) is 19.9. The Bertz CT molecular complexity index is 663. The van der Waals surface area contributed by atoms with Gasteiger partial charge in [0.15, 0.2) is 0 Å². The van der Waals surface area contributed by atoms with Crippen LogP contribution >= 0.6 is 0 Å². The van der Waals surface area contributed by atoms with Gasteiger partial charge >= 0.3 is 5.97 Å². The lowest BCUT2D eigenvalue weighted by Gasteiger charge is -2.06. The quantitative estimate of drug-likeness (QED) is 0.253. The summed E-state index contributed by atoms with van der Waals surface area (Å²) in [6.45, 7) is 5.91. The van der Waals surface area contributed by atoms with Gasteiger partial charge in [0.25, 0.3) is 5.91 Å². The smallest absolute Gasteiger partial charge is 0.338 e. The summed E-state index contributed by atoms with van der Waals surface area (Å²) in [5.41, 5.74) is 1.05. The molecule has 1 rings (SSSR count). The Morgan fingerprint density at radius 3 is 2.48 bits per heavy atom. The molecule has 1 aromatic rings. The molecule has 146 valence electrons. The zero-order valence-corrected chi connectivity index (χ0v) is 15.9. The van der Waals surface area contributed by atoms with E-state index in [9.17, 15) is 9.59 Å². The third-order valence-corrected chi connectivity index (χ3v) is 3.54. The Morgan fingerprint density at radius 2 is 1.85 bits per heavy atom. The maximum Gasteiger partial charge on any atom is 0.338 e. The van der Waals surface area contributed by atoms with E-state index in [1.807, 2.05) is 6.07 Å². The van der Waals surface area contributed by atoms with Gasteiger partial charge < -0.3 is 20.1 Å². The van der Waals surface area contributed by atoms with Crippen molar-refractivity contribution in [1.82, 2.24) is 5.32 Å². The van der Waals surface area contributed by atoms with Gasteiger partial charge in [-0.3, -0.25) is 4.79 Å². The summed E-state index contributed by atoms with van der Waals surface area (Å²) < 4.78 is 10.3. The minimum atomic E-state index is -0.443. The summed E-state index contributed by atoms with van der Waals surface area (Å²) in [6.07, 6.45) is 4.15. The molecule has 27 heavy (non-hydrogen) atoms.